The monoisotopic (exact) mass is 306 g/mol. The van der Waals surface area contributed by atoms with Crippen LogP contribution in [0.25, 0.3) is 0 Å². The van der Waals surface area contributed by atoms with E-state index < -0.39 is 0 Å². The summed E-state index contributed by atoms with van der Waals surface area (Å²) in [6, 6.07) is 7.45. The molecule has 1 heterocycles. The van der Waals surface area contributed by atoms with Crippen LogP contribution in [0, 0.1) is 0 Å². The number of carbonyl (C=O) groups excluding carboxylic acids is 2. The Hall–Kier alpha value is -2.08. The van der Waals surface area contributed by atoms with Crippen molar-refractivity contribution in [2.75, 3.05) is 38.3 Å². The minimum Gasteiger partial charge on any atom is -0.482 e. The first-order valence-electron chi connectivity index (χ1n) is 7.50. The minimum absolute atomic E-state index is 0.00472. The number of carbonyl (C=O) groups is 2. The average Bonchev–Trinajstić information content (AvgIpc) is 2.54. The van der Waals surface area contributed by atoms with Crippen molar-refractivity contribution in [3.8, 4) is 5.75 Å². The molecule has 0 spiro atoms. The van der Waals surface area contributed by atoms with Crippen LogP contribution in [0.2, 0.25) is 0 Å². The lowest BCUT2D eigenvalue weighted by Gasteiger charge is -2.29. The van der Waals surface area contributed by atoms with Crippen LogP contribution >= 0.6 is 0 Å². The molecule has 0 aromatic heterocycles. The van der Waals surface area contributed by atoms with Crippen LogP contribution in [0.5, 0.6) is 5.75 Å². The van der Waals surface area contributed by atoms with Crippen LogP contribution < -0.4 is 15.0 Å². The van der Waals surface area contributed by atoms with Crippen LogP contribution in [0.4, 0.5) is 5.69 Å². The summed E-state index contributed by atoms with van der Waals surface area (Å²) in [5.74, 6) is 0.649. The van der Waals surface area contributed by atoms with Crippen LogP contribution in [-0.4, -0.2) is 45.2 Å². The highest BCUT2D eigenvalue weighted by molar-refractivity contribution is 5.97. The maximum Gasteiger partial charge on any atom is 0.265 e. The topological polar surface area (TPSA) is 67.9 Å². The van der Waals surface area contributed by atoms with Gasteiger partial charge in [0.15, 0.2) is 6.61 Å². The van der Waals surface area contributed by atoms with Gasteiger partial charge in [0, 0.05) is 33.2 Å². The molecule has 1 aliphatic rings. The number of hydrogen-bond donors (Lipinski definition) is 1. The van der Waals surface area contributed by atoms with E-state index in [1.807, 2.05) is 24.3 Å². The summed E-state index contributed by atoms with van der Waals surface area (Å²) in [5.41, 5.74) is 0.777. The van der Waals surface area contributed by atoms with Crippen molar-refractivity contribution in [3.05, 3.63) is 24.3 Å². The summed E-state index contributed by atoms with van der Waals surface area (Å²) in [4.78, 5) is 25.3. The van der Waals surface area contributed by atoms with Gasteiger partial charge in [0.1, 0.15) is 5.75 Å². The van der Waals surface area contributed by atoms with Crippen LogP contribution in [0.1, 0.15) is 19.3 Å². The van der Waals surface area contributed by atoms with Crippen LogP contribution in [-0.2, 0) is 14.3 Å². The van der Waals surface area contributed by atoms with E-state index in [0.717, 1.165) is 12.1 Å². The van der Waals surface area contributed by atoms with Crippen molar-refractivity contribution >= 4 is 17.5 Å². The van der Waals surface area contributed by atoms with Gasteiger partial charge < -0.3 is 19.7 Å². The number of methoxy groups -OCH3 is 1. The molecular formula is C16H22N2O4. The van der Waals surface area contributed by atoms with Gasteiger partial charge in [-0.3, -0.25) is 9.59 Å². The Morgan fingerprint density at radius 1 is 1.36 bits per heavy atom. The number of nitrogens with one attached hydrogen (secondary N) is 1. The fourth-order valence-corrected chi connectivity index (χ4v) is 2.33. The molecule has 0 saturated carbocycles. The number of nitrogens with zero attached hydrogens (tertiary/aromatic N) is 1. The summed E-state index contributed by atoms with van der Waals surface area (Å²) in [6.45, 7) is 1.83. The fourth-order valence-electron chi connectivity index (χ4n) is 2.33. The summed E-state index contributed by atoms with van der Waals surface area (Å²) >= 11 is 0. The molecule has 1 aromatic carbocycles. The molecule has 1 aromatic rings. The number of fused-ring (bicyclic) bond motifs is 1. The second-order valence-electron chi connectivity index (χ2n) is 5.10. The van der Waals surface area contributed by atoms with Gasteiger partial charge in [-0.2, -0.15) is 0 Å². The lowest BCUT2D eigenvalue weighted by molar-refractivity contribution is -0.122. The summed E-state index contributed by atoms with van der Waals surface area (Å²) in [7, 11) is 1.64. The Labute approximate surface area is 130 Å². The zero-order chi connectivity index (χ0) is 15.8. The highest BCUT2D eigenvalue weighted by Gasteiger charge is 2.24. The van der Waals surface area contributed by atoms with Gasteiger partial charge in [0.25, 0.3) is 5.91 Å². The Kier molecular flexibility index (Phi) is 6.21. The first-order chi connectivity index (χ1) is 10.7. The van der Waals surface area contributed by atoms with Gasteiger partial charge in [0.05, 0.1) is 5.69 Å². The number of ether oxygens (including phenoxy) is 2. The molecule has 0 atom stereocenters. The van der Waals surface area contributed by atoms with Crippen molar-refractivity contribution in [1.82, 2.24) is 5.32 Å². The van der Waals surface area contributed by atoms with Gasteiger partial charge in [0.2, 0.25) is 5.91 Å². The molecule has 0 aliphatic carbocycles. The Morgan fingerprint density at radius 2 is 2.18 bits per heavy atom. The highest BCUT2D eigenvalue weighted by atomic mass is 16.5. The highest BCUT2D eigenvalue weighted by Crippen LogP contribution is 2.31. The smallest absolute Gasteiger partial charge is 0.265 e. The van der Waals surface area contributed by atoms with E-state index in [2.05, 4.69) is 5.32 Å². The normalized spacial score (nSPS) is 13.5. The first kappa shape index (κ1) is 16.3. The van der Waals surface area contributed by atoms with Gasteiger partial charge >= 0.3 is 0 Å². The Bertz CT molecular complexity index is 519. The number of hydrogen-bond acceptors (Lipinski definition) is 4. The largest absolute Gasteiger partial charge is 0.482 e. The predicted molar refractivity (Wildman–Crippen MR) is 83.0 cm³/mol. The van der Waals surface area contributed by atoms with Crippen molar-refractivity contribution < 1.29 is 19.1 Å². The third-order valence-electron chi connectivity index (χ3n) is 3.44. The first-order valence-corrected chi connectivity index (χ1v) is 7.50. The average molecular weight is 306 g/mol. The fraction of sp³-hybridized carbons (Fsp3) is 0.500. The molecule has 120 valence electrons. The lowest BCUT2D eigenvalue weighted by Crippen LogP contribution is -2.39. The maximum atomic E-state index is 12.0. The molecule has 2 amide bonds. The Morgan fingerprint density at radius 3 is 3.00 bits per heavy atom. The molecular weight excluding hydrogens is 284 g/mol. The standard InChI is InChI=1S/C16H22N2O4/c1-21-11-5-9-17-15(19)8-4-10-18-13-6-2-3-7-14(13)22-12-16(18)20/h2-3,6-7H,4-5,8-12H2,1H3,(H,17,19). The summed E-state index contributed by atoms with van der Waals surface area (Å²) < 4.78 is 10.3. The van der Waals surface area contributed by atoms with E-state index >= 15 is 0 Å². The van der Waals surface area contributed by atoms with E-state index in [9.17, 15) is 9.59 Å². The zero-order valence-corrected chi connectivity index (χ0v) is 12.8. The van der Waals surface area contributed by atoms with E-state index in [4.69, 9.17) is 9.47 Å². The number of anilines is 1. The number of rotatable bonds is 8. The molecule has 1 N–H and O–H groups in total. The van der Waals surface area contributed by atoms with Crippen molar-refractivity contribution in [1.29, 1.82) is 0 Å². The minimum atomic E-state index is -0.0702. The number of benzene rings is 1. The van der Waals surface area contributed by atoms with Crippen molar-refractivity contribution in [3.63, 3.8) is 0 Å². The number of amides is 2. The molecule has 2 rings (SSSR count). The van der Waals surface area contributed by atoms with E-state index in [-0.39, 0.29) is 18.4 Å². The molecule has 6 heteroatoms. The van der Waals surface area contributed by atoms with Gasteiger partial charge in [-0.05, 0) is 25.0 Å². The Balaban J connectivity index is 1.77. The quantitative estimate of drug-likeness (QED) is 0.736. The molecule has 0 radical (unpaired) electrons. The molecule has 0 fully saturated rings. The number of para-hydroxylation sites is 2. The third kappa shape index (κ3) is 4.46. The molecule has 0 saturated heterocycles. The lowest BCUT2D eigenvalue weighted by atomic mass is 10.2. The predicted octanol–water partition coefficient (Wildman–Crippen LogP) is 1.34. The van der Waals surface area contributed by atoms with Crippen molar-refractivity contribution in [2.24, 2.45) is 0 Å². The van der Waals surface area contributed by atoms with Crippen LogP contribution in [0.3, 0.4) is 0 Å². The molecule has 22 heavy (non-hydrogen) atoms. The SMILES string of the molecule is COCCCNC(=O)CCCN1C(=O)COc2ccccc21. The molecule has 6 nitrogen and oxygen atoms in total. The summed E-state index contributed by atoms with van der Waals surface area (Å²) in [5, 5.41) is 2.84. The van der Waals surface area contributed by atoms with E-state index in [1.54, 1.807) is 12.0 Å². The van der Waals surface area contributed by atoms with Gasteiger partial charge in [-0.25, -0.2) is 0 Å². The maximum absolute atomic E-state index is 12.0. The van der Waals surface area contributed by atoms with Gasteiger partial charge in [-0.1, -0.05) is 12.1 Å². The van der Waals surface area contributed by atoms with Crippen LogP contribution in [0.15, 0.2) is 24.3 Å². The summed E-state index contributed by atoms with van der Waals surface area (Å²) in [6.07, 6.45) is 1.83. The van der Waals surface area contributed by atoms with E-state index in [0.29, 0.717) is 38.3 Å². The third-order valence-corrected chi connectivity index (χ3v) is 3.44. The van der Waals surface area contributed by atoms with Crippen molar-refractivity contribution in [2.45, 2.75) is 19.3 Å². The molecule has 0 bridgehead atoms. The second-order valence-corrected chi connectivity index (χ2v) is 5.10. The zero-order valence-electron chi connectivity index (χ0n) is 12.8. The van der Waals surface area contributed by atoms with Gasteiger partial charge in [-0.15, -0.1) is 0 Å². The second kappa shape index (κ2) is 8.38. The molecule has 0 unspecified atom stereocenters. The van der Waals surface area contributed by atoms with E-state index in [1.165, 1.54) is 0 Å². The molecule has 1 aliphatic heterocycles.